The topological polar surface area (TPSA) is 68.3 Å². The van der Waals surface area contributed by atoms with E-state index in [9.17, 15) is 8.42 Å². The molecule has 0 aliphatic carbocycles. The van der Waals surface area contributed by atoms with Crippen LogP contribution in [0.1, 0.15) is 6.92 Å². The van der Waals surface area contributed by atoms with Crippen LogP contribution in [0.3, 0.4) is 0 Å². The molecule has 0 saturated heterocycles. The summed E-state index contributed by atoms with van der Waals surface area (Å²) in [6.07, 6.45) is 1.62. The number of aromatic nitrogens is 1. The first-order chi connectivity index (χ1) is 11.5. The molecule has 0 saturated carbocycles. The number of anilines is 1. The van der Waals surface area contributed by atoms with E-state index < -0.39 is 10.0 Å². The van der Waals surface area contributed by atoms with Crippen molar-refractivity contribution < 1.29 is 13.2 Å². The number of ether oxygens (including phenoxy) is 1. The zero-order valence-corrected chi connectivity index (χ0v) is 14.4. The van der Waals surface area contributed by atoms with Gasteiger partial charge in [-0.2, -0.15) is 0 Å². The molecule has 0 radical (unpaired) electrons. The van der Waals surface area contributed by atoms with E-state index in [4.69, 9.17) is 16.3 Å². The van der Waals surface area contributed by atoms with Crippen molar-refractivity contribution in [2.24, 2.45) is 0 Å². The Labute approximate surface area is 145 Å². The monoisotopic (exact) mass is 362 g/mol. The molecule has 0 atom stereocenters. The van der Waals surface area contributed by atoms with Gasteiger partial charge in [0.1, 0.15) is 10.6 Å². The molecule has 2 aromatic carbocycles. The minimum absolute atomic E-state index is 0.00946. The van der Waals surface area contributed by atoms with E-state index in [-0.39, 0.29) is 10.6 Å². The molecule has 3 aromatic rings. The van der Waals surface area contributed by atoms with Gasteiger partial charge in [0, 0.05) is 16.6 Å². The first kappa shape index (κ1) is 16.5. The lowest BCUT2D eigenvalue weighted by molar-refractivity contribution is 0.331. The van der Waals surface area contributed by atoms with Crippen molar-refractivity contribution in [3.8, 4) is 5.75 Å². The Morgan fingerprint density at radius 3 is 2.75 bits per heavy atom. The van der Waals surface area contributed by atoms with Crippen LogP contribution in [-0.2, 0) is 10.0 Å². The second-order valence-corrected chi connectivity index (χ2v) is 7.10. The first-order valence-corrected chi connectivity index (χ1v) is 9.16. The van der Waals surface area contributed by atoms with Gasteiger partial charge in [-0.25, -0.2) is 8.42 Å². The zero-order valence-electron chi connectivity index (χ0n) is 12.9. The molecule has 0 bridgehead atoms. The van der Waals surface area contributed by atoms with Gasteiger partial charge in [-0.15, -0.1) is 0 Å². The average Bonchev–Trinajstić information content (AvgIpc) is 2.57. The van der Waals surface area contributed by atoms with E-state index in [1.165, 1.54) is 6.07 Å². The number of sulfonamides is 1. The highest BCUT2D eigenvalue weighted by molar-refractivity contribution is 7.92. The van der Waals surface area contributed by atoms with Gasteiger partial charge < -0.3 is 4.74 Å². The fourth-order valence-electron chi connectivity index (χ4n) is 2.35. The van der Waals surface area contributed by atoms with Gasteiger partial charge in [-0.05, 0) is 37.3 Å². The third kappa shape index (κ3) is 3.29. The Hall–Kier alpha value is -2.31. The summed E-state index contributed by atoms with van der Waals surface area (Å²) in [7, 11) is -3.88. The van der Waals surface area contributed by atoms with Crippen molar-refractivity contribution in [1.29, 1.82) is 0 Å². The molecule has 7 heteroatoms. The van der Waals surface area contributed by atoms with Crippen LogP contribution in [0.15, 0.2) is 59.6 Å². The van der Waals surface area contributed by atoms with E-state index in [0.717, 1.165) is 5.39 Å². The molecule has 0 aliphatic heterocycles. The Balaban J connectivity index is 2.07. The summed E-state index contributed by atoms with van der Waals surface area (Å²) in [6.45, 7) is 2.13. The van der Waals surface area contributed by atoms with Crippen molar-refractivity contribution in [2.75, 3.05) is 11.3 Å². The fourth-order valence-corrected chi connectivity index (χ4v) is 3.83. The van der Waals surface area contributed by atoms with Gasteiger partial charge in [0.05, 0.1) is 17.8 Å². The molecule has 0 amide bonds. The number of rotatable bonds is 5. The van der Waals surface area contributed by atoms with Crippen LogP contribution in [-0.4, -0.2) is 20.0 Å². The lowest BCUT2D eigenvalue weighted by atomic mass is 10.2. The number of nitrogens with one attached hydrogen (secondary N) is 1. The Kier molecular flexibility index (Phi) is 4.59. The van der Waals surface area contributed by atoms with Crippen LogP contribution in [0.25, 0.3) is 10.9 Å². The highest BCUT2D eigenvalue weighted by Crippen LogP contribution is 2.30. The summed E-state index contributed by atoms with van der Waals surface area (Å²) in [5.41, 5.74) is 0.971. The molecule has 24 heavy (non-hydrogen) atoms. The van der Waals surface area contributed by atoms with E-state index in [1.807, 2.05) is 12.1 Å². The molecule has 0 unspecified atom stereocenters. The second kappa shape index (κ2) is 6.67. The van der Waals surface area contributed by atoms with Crippen molar-refractivity contribution >= 4 is 38.2 Å². The summed E-state index contributed by atoms with van der Waals surface area (Å²) in [4.78, 5) is 4.24. The summed E-state index contributed by atoms with van der Waals surface area (Å²) in [5.74, 6) is 0.252. The number of pyridine rings is 1. The van der Waals surface area contributed by atoms with Crippen LogP contribution >= 0.6 is 11.6 Å². The number of hydrogen-bond donors (Lipinski definition) is 1. The van der Waals surface area contributed by atoms with E-state index >= 15 is 0 Å². The van der Waals surface area contributed by atoms with Gasteiger partial charge in [0.15, 0.2) is 0 Å². The SMILES string of the molecule is CCOc1ccc(Cl)cc1S(=O)(=O)Nc1cccc2cccnc12. The maximum atomic E-state index is 12.8. The maximum Gasteiger partial charge on any atom is 0.265 e. The summed E-state index contributed by atoms with van der Waals surface area (Å²) < 4.78 is 33.6. The van der Waals surface area contributed by atoms with Crippen molar-refractivity contribution in [3.05, 3.63) is 59.8 Å². The number of para-hydroxylation sites is 1. The summed E-state index contributed by atoms with van der Waals surface area (Å²) >= 11 is 5.96. The van der Waals surface area contributed by atoms with Crippen LogP contribution in [0.5, 0.6) is 5.75 Å². The number of nitrogens with zero attached hydrogens (tertiary/aromatic N) is 1. The minimum Gasteiger partial charge on any atom is -0.492 e. The largest absolute Gasteiger partial charge is 0.492 e. The van der Waals surface area contributed by atoms with Crippen LogP contribution in [0.4, 0.5) is 5.69 Å². The standard InChI is InChI=1S/C17H15ClN2O3S/c1-2-23-15-9-8-13(18)11-16(15)24(21,22)20-14-7-3-5-12-6-4-10-19-17(12)14/h3-11,20H,2H2,1H3. The molecule has 1 N–H and O–H groups in total. The van der Waals surface area contributed by atoms with Gasteiger partial charge in [0.25, 0.3) is 10.0 Å². The lowest BCUT2D eigenvalue weighted by Gasteiger charge is -2.14. The highest BCUT2D eigenvalue weighted by Gasteiger charge is 2.21. The molecule has 1 heterocycles. The average molecular weight is 363 g/mol. The third-order valence-electron chi connectivity index (χ3n) is 3.37. The Morgan fingerprint density at radius 1 is 1.17 bits per heavy atom. The van der Waals surface area contributed by atoms with Crippen LogP contribution in [0.2, 0.25) is 5.02 Å². The van der Waals surface area contributed by atoms with Crippen LogP contribution in [0, 0.1) is 0 Å². The predicted octanol–water partition coefficient (Wildman–Crippen LogP) is 4.09. The Bertz CT molecular complexity index is 985. The normalized spacial score (nSPS) is 11.4. The maximum absolute atomic E-state index is 12.8. The fraction of sp³-hybridized carbons (Fsp3) is 0.118. The lowest BCUT2D eigenvalue weighted by Crippen LogP contribution is -2.15. The number of fused-ring (bicyclic) bond motifs is 1. The molecule has 3 rings (SSSR count). The minimum atomic E-state index is -3.88. The van der Waals surface area contributed by atoms with Crippen molar-refractivity contribution in [2.45, 2.75) is 11.8 Å². The van der Waals surface area contributed by atoms with Gasteiger partial charge in [-0.3, -0.25) is 9.71 Å². The first-order valence-electron chi connectivity index (χ1n) is 7.30. The number of halogens is 1. The van der Waals surface area contributed by atoms with Gasteiger partial charge in [-0.1, -0.05) is 29.8 Å². The van der Waals surface area contributed by atoms with Crippen LogP contribution < -0.4 is 9.46 Å². The smallest absolute Gasteiger partial charge is 0.265 e. The third-order valence-corrected chi connectivity index (χ3v) is 4.99. The van der Waals surface area contributed by atoms with E-state index in [2.05, 4.69) is 9.71 Å². The Morgan fingerprint density at radius 2 is 1.96 bits per heavy atom. The molecule has 124 valence electrons. The molecular weight excluding hydrogens is 348 g/mol. The molecule has 0 aliphatic rings. The molecule has 0 fully saturated rings. The molecular formula is C17H15ClN2O3S. The summed E-state index contributed by atoms with van der Waals surface area (Å²) in [6, 6.07) is 13.5. The zero-order chi connectivity index (χ0) is 17.2. The van der Waals surface area contributed by atoms with Crippen molar-refractivity contribution in [1.82, 2.24) is 4.98 Å². The predicted molar refractivity (Wildman–Crippen MR) is 95.2 cm³/mol. The highest BCUT2D eigenvalue weighted by atomic mass is 35.5. The molecule has 5 nitrogen and oxygen atoms in total. The number of hydrogen-bond acceptors (Lipinski definition) is 4. The molecule has 0 spiro atoms. The van der Waals surface area contributed by atoms with Crippen molar-refractivity contribution in [3.63, 3.8) is 0 Å². The van der Waals surface area contributed by atoms with E-state index in [1.54, 1.807) is 43.5 Å². The summed E-state index contributed by atoms with van der Waals surface area (Å²) in [5, 5.41) is 1.16. The van der Waals surface area contributed by atoms with E-state index in [0.29, 0.717) is 22.8 Å². The van der Waals surface area contributed by atoms with Gasteiger partial charge in [0.2, 0.25) is 0 Å². The second-order valence-electron chi connectivity index (χ2n) is 5.01. The van der Waals surface area contributed by atoms with Gasteiger partial charge >= 0.3 is 0 Å². The quantitative estimate of drug-likeness (QED) is 0.742. The molecule has 1 aromatic heterocycles. The number of benzene rings is 2.